The van der Waals surface area contributed by atoms with Crippen LogP contribution in [-0.2, 0) is 0 Å². The summed E-state index contributed by atoms with van der Waals surface area (Å²) in [5, 5.41) is 23.2. The lowest BCUT2D eigenvalue weighted by molar-refractivity contribution is -0.600. The van der Waals surface area contributed by atoms with Crippen LogP contribution in [-0.4, -0.2) is 9.94 Å². The summed E-state index contributed by atoms with van der Waals surface area (Å²) < 4.78 is 1.79. The zero-order valence-corrected chi connectivity index (χ0v) is 14.4. The van der Waals surface area contributed by atoms with Crippen LogP contribution in [0, 0.1) is 19.1 Å². The smallest absolute Gasteiger partial charge is 0.332 e. The molecule has 1 aromatic heterocycles. The Kier molecular flexibility index (Phi) is 4.06. The lowest BCUT2D eigenvalue weighted by atomic mass is 10.0. The number of rotatable bonds is 3. The van der Waals surface area contributed by atoms with E-state index >= 15 is 0 Å². The molecule has 0 saturated heterocycles. The zero-order valence-electron chi connectivity index (χ0n) is 14.4. The Morgan fingerprint density at radius 2 is 1.46 bits per heavy atom. The van der Waals surface area contributed by atoms with E-state index in [0.717, 1.165) is 20.6 Å². The molecule has 4 nitrogen and oxygen atoms in total. The molecule has 0 bridgehead atoms. The Bertz CT molecular complexity index is 860. The monoisotopic (exact) mass is 322 g/mol. The molecule has 0 saturated carbocycles. The van der Waals surface area contributed by atoms with Gasteiger partial charge in [-0.1, -0.05) is 55.8 Å². The normalized spacial score (nSPS) is 11.2. The third-order valence-electron chi connectivity index (χ3n) is 4.41. The second-order valence-corrected chi connectivity index (χ2v) is 6.51. The van der Waals surface area contributed by atoms with Crippen LogP contribution in [0.4, 0.5) is 0 Å². The fourth-order valence-electron chi connectivity index (χ4n) is 2.90. The van der Waals surface area contributed by atoms with Crippen molar-refractivity contribution in [2.75, 3.05) is 0 Å². The van der Waals surface area contributed by atoms with Gasteiger partial charge in [-0.3, -0.25) is 0 Å². The van der Waals surface area contributed by atoms with Crippen LogP contribution in [0.15, 0.2) is 48.5 Å². The van der Waals surface area contributed by atoms with E-state index < -0.39 is 0 Å². The molecule has 24 heavy (non-hydrogen) atoms. The van der Waals surface area contributed by atoms with Crippen LogP contribution in [0.5, 0.6) is 0 Å². The molecule has 1 N–H and O–H groups in total. The number of imidazole rings is 1. The van der Waals surface area contributed by atoms with Crippen molar-refractivity contribution in [1.29, 1.82) is 0 Å². The highest BCUT2D eigenvalue weighted by Gasteiger charge is 2.27. The van der Waals surface area contributed by atoms with Gasteiger partial charge < -0.3 is 10.4 Å². The molecule has 0 aliphatic rings. The van der Waals surface area contributed by atoms with Crippen LogP contribution >= 0.6 is 0 Å². The first kappa shape index (κ1) is 16.1. The first-order valence-electron chi connectivity index (χ1n) is 8.11. The number of hydrogen-bond acceptors (Lipinski definition) is 2. The number of aryl methyl sites for hydroxylation is 1. The first-order chi connectivity index (χ1) is 11.4. The second kappa shape index (κ2) is 6.04. The van der Waals surface area contributed by atoms with Crippen LogP contribution in [0.1, 0.15) is 36.6 Å². The number of nitrogens with zero attached hydrogens (tertiary/aromatic N) is 2. The van der Waals surface area contributed by atoms with Gasteiger partial charge in [0.1, 0.15) is 0 Å². The van der Waals surface area contributed by atoms with Crippen LogP contribution < -0.4 is 4.73 Å². The lowest BCUT2D eigenvalue weighted by Crippen LogP contribution is -2.30. The Hall–Kier alpha value is -2.75. The molecule has 3 aromatic rings. The molecule has 1 heterocycles. The summed E-state index contributed by atoms with van der Waals surface area (Å²) in [4.78, 5) is 0. The largest absolute Gasteiger partial charge is 0.710 e. The minimum atomic E-state index is 0.235. The first-order valence-corrected chi connectivity index (χ1v) is 8.11. The van der Waals surface area contributed by atoms with E-state index in [2.05, 4.69) is 13.8 Å². The minimum absolute atomic E-state index is 0.235. The molecule has 0 amide bonds. The van der Waals surface area contributed by atoms with Crippen molar-refractivity contribution in [3.8, 4) is 22.6 Å². The molecule has 124 valence electrons. The van der Waals surface area contributed by atoms with Gasteiger partial charge in [-0.05, 0) is 35.3 Å². The van der Waals surface area contributed by atoms with E-state index in [1.165, 1.54) is 5.56 Å². The van der Waals surface area contributed by atoms with Crippen molar-refractivity contribution in [2.24, 2.45) is 0 Å². The minimum Gasteiger partial charge on any atom is -0.710 e. The van der Waals surface area contributed by atoms with Gasteiger partial charge in [0, 0.05) is 12.5 Å². The van der Waals surface area contributed by atoms with Crippen LogP contribution in [0.3, 0.4) is 0 Å². The summed E-state index contributed by atoms with van der Waals surface area (Å²) >= 11 is 0. The topological polar surface area (TPSA) is 52.1 Å². The van der Waals surface area contributed by atoms with Gasteiger partial charge in [0.2, 0.25) is 5.69 Å². The molecule has 0 aliphatic heterocycles. The number of benzene rings is 2. The molecule has 0 fully saturated rings. The van der Waals surface area contributed by atoms with Crippen molar-refractivity contribution in [1.82, 2.24) is 4.73 Å². The van der Waals surface area contributed by atoms with Gasteiger partial charge in [0.05, 0.1) is 5.56 Å². The molecule has 4 heteroatoms. The predicted molar refractivity (Wildman–Crippen MR) is 95.0 cm³/mol. The maximum atomic E-state index is 12.6. The zero-order chi connectivity index (χ0) is 17.4. The summed E-state index contributed by atoms with van der Waals surface area (Å²) in [5.74, 6) is 0.655. The third kappa shape index (κ3) is 2.64. The summed E-state index contributed by atoms with van der Waals surface area (Å²) in [5.41, 5.74) is 4.83. The van der Waals surface area contributed by atoms with E-state index in [9.17, 15) is 10.4 Å². The van der Waals surface area contributed by atoms with Gasteiger partial charge in [-0.2, -0.15) is 0 Å². The van der Waals surface area contributed by atoms with Crippen LogP contribution in [0.25, 0.3) is 22.6 Å². The van der Waals surface area contributed by atoms with Crippen molar-refractivity contribution in [3.05, 3.63) is 70.6 Å². The molecule has 0 radical (unpaired) electrons. The summed E-state index contributed by atoms with van der Waals surface area (Å²) in [6.07, 6.45) is 0. The van der Waals surface area contributed by atoms with E-state index in [0.29, 0.717) is 22.9 Å². The Morgan fingerprint density at radius 1 is 0.917 bits per heavy atom. The van der Waals surface area contributed by atoms with E-state index in [4.69, 9.17) is 0 Å². The molecule has 2 aromatic carbocycles. The quantitative estimate of drug-likeness (QED) is 0.440. The highest BCUT2D eigenvalue weighted by Crippen LogP contribution is 2.28. The van der Waals surface area contributed by atoms with E-state index in [1.54, 1.807) is 6.92 Å². The number of hydrogen-bond donors (Lipinski definition) is 1. The fourth-order valence-corrected chi connectivity index (χ4v) is 2.90. The third-order valence-corrected chi connectivity index (χ3v) is 4.41. The van der Waals surface area contributed by atoms with Crippen molar-refractivity contribution < 1.29 is 9.94 Å². The highest BCUT2D eigenvalue weighted by molar-refractivity contribution is 5.66. The number of aromatic nitrogens is 2. The molecule has 0 aliphatic carbocycles. The molecular formula is C20H22N2O2. The summed E-state index contributed by atoms with van der Waals surface area (Å²) in [7, 11) is 0. The molecule has 0 atom stereocenters. The van der Waals surface area contributed by atoms with Crippen LogP contribution in [0.2, 0.25) is 0 Å². The summed E-state index contributed by atoms with van der Waals surface area (Å²) in [6.45, 7) is 7.97. The van der Waals surface area contributed by atoms with Gasteiger partial charge in [-0.25, -0.2) is 4.73 Å². The molecule has 3 rings (SSSR count). The highest BCUT2D eigenvalue weighted by atomic mass is 16.5. The SMILES string of the molecule is Cc1ccc(-c2c(C)[n+]([O-])c(-c3ccc(C(C)C)cc3)n2O)cc1. The van der Waals surface area contributed by atoms with Gasteiger partial charge in [0.15, 0.2) is 5.69 Å². The fraction of sp³-hybridized carbons (Fsp3) is 0.250. The molecule has 0 unspecified atom stereocenters. The molecule has 0 spiro atoms. The average molecular weight is 322 g/mol. The Labute approximate surface area is 142 Å². The van der Waals surface area contributed by atoms with Crippen molar-refractivity contribution >= 4 is 0 Å². The maximum Gasteiger partial charge on any atom is 0.332 e. The van der Waals surface area contributed by atoms with Gasteiger partial charge in [0.25, 0.3) is 0 Å². The maximum absolute atomic E-state index is 12.6. The Morgan fingerprint density at radius 3 is 2.00 bits per heavy atom. The van der Waals surface area contributed by atoms with E-state index in [1.807, 2.05) is 55.5 Å². The summed E-state index contributed by atoms with van der Waals surface area (Å²) in [6, 6.07) is 15.5. The Balaban J connectivity index is 2.13. The second-order valence-electron chi connectivity index (χ2n) is 6.51. The van der Waals surface area contributed by atoms with Crippen molar-refractivity contribution in [3.63, 3.8) is 0 Å². The van der Waals surface area contributed by atoms with E-state index in [-0.39, 0.29) is 5.82 Å². The predicted octanol–water partition coefficient (Wildman–Crippen LogP) is 4.43. The standard InChI is InChI=1S/C20H22N2O2/c1-13(2)16-9-11-18(12-10-16)20-21(23)15(4)19(22(20)24)17-7-5-14(3)6-8-17/h5-13,24H,1-4H3. The van der Waals surface area contributed by atoms with Gasteiger partial charge >= 0.3 is 5.82 Å². The molecular weight excluding hydrogens is 300 g/mol. The average Bonchev–Trinajstić information content (AvgIpc) is 2.78. The van der Waals surface area contributed by atoms with Crippen molar-refractivity contribution in [2.45, 2.75) is 33.6 Å². The van der Waals surface area contributed by atoms with Gasteiger partial charge in [-0.15, -0.1) is 0 Å². The lowest BCUT2D eigenvalue weighted by Gasteiger charge is -2.07.